The fourth-order valence-electron chi connectivity index (χ4n) is 4.52. The maximum atomic E-state index is 6.51. The van der Waals surface area contributed by atoms with E-state index in [0.29, 0.717) is 0 Å². The highest BCUT2D eigenvalue weighted by Crippen LogP contribution is 2.56. The molecule has 0 aliphatic heterocycles. The molecule has 2 nitrogen and oxygen atoms in total. The van der Waals surface area contributed by atoms with Crippen molar-refractivity contribution in [1.29, 1.82) is 0 Å². The maximum Gasteiger partial charge on any atom is 0.0714 e. The summed E-state index contributed by atoms with van der Waals surface area (Å²) in [6.45, 7) is 0. The van der Waals surface area contributed by atoms with E-state index in [9.17, 15) is 0 Å². The van der Waals surface area contributed by atoms with Gasteiger partial charge < -0.3 is 11.5 Å². The number of nitrogens with two attached hydrogens (primary N) is 2. The summed E-state index contributed by atoms with van der Waals surface area (Å²) in [5.41, 5.74) is 20.2. The Bertz CT molecular complexity index is 1130. The molecule has 4 heteroatoms. The molecule has 0 saturated carbocycles. The summed E-state index contributed by atoms with van der Waals surface area (Å²) >= 11 is 8.89. The number of hydrogen-bond donors (Lipinski definition) is 2. The molecular formula is C25H18ClIN2. The van der Waals surface area contributed by atoms with Crippen LogP contribution in [-0.2, 0) is 5.41 Å². The molecule has 0 saturated heterocycles. The highest BCUT2D eigenvalue weighted by atomic mass is 127. The summed E-state index contributed by atoms with van der Waals surface area (Å²) in [7, 11) is 0. The van der Waals surface area contributed by atoms with Gasteiger partial charge in [0.05, 0.1) is 5.41 Å². The highest BCUT2D eigenvalue weighted by Gasteiger charge is 2.46. The molecule has 0 unspecified atom stereocenters. The van der Waals surface area contributed by atoms with Crippen LogP contribution in [0.4, 0.5) is 11.4 Å². The first-order valence-electron chi connectivity index (χ1n) is 9.32. The molecule has 142 valence electrons. The molecule has 0 atom stereocenters. The van der Waals surface area contributed by atoms with Crippen LogP contribution in [0.1, 0.15) is 22.3 Å². The number of rotatable bonds is 2. The Labute approximate surface area is 188 Å². The van der Waals surface area contributed by atoms with Crippen LogP contribution in [0, 0.1) is 3.57 Å². The normalized spacial score (nSPS) is 13.7. The van der Waals surface area contributed by atoms with Crippen LogP contribution in [-0.4, -0.2) is 0 Å². The lowest BCUT2D eigenvalue weighted by atomic mass is 9.67. The van der Waals surface area contributed by atoms with Gasteiger partial charge in [-0.3, -0.25) is 0 Å². The predicted octanol–water partition coefficient (Wildman–Crippen LogP) is 6.47. The first kappa shape index (κ1) is 18.5. The van der Waals surface area contributed by atoms with Gasteiger partial charge in [0.1, 0.15) is 0 Å². The Morgan fingerprint density at radius 3 is 1.66 bits per heavy atom. The number of nitrogen functional groups attached to an aromatic ring is 2. The van der Waals surface area contributed by atoms with Gasteiger partial charge in [0.25, 0.3) is 0 Å². The van der Waals surface area contributed by atoms with Crippen molar-refractivity contribution in [3.63, 3.8) is 0 Å². The van der Waals surface area contributed by atoms with E-state index in [-0.39, 0.29) is 0 Å². The van der Waals surface area contributed by atoms with Crippen molar-refractivity contribution in [2.75, 3.05) is 11.5 Å². The number of fused-ring (bicyclic) bond motifs is 3. The summed E-state index contributed by atoms with van der Waals surface area (Å²) in [5, 5.41) is 0.724. The van der Waals surface area contributed by atoms with E-state index in [2.05, 4.69) is 77.2 Å². The third-order valence-corrected chi connectivity index (χ3v) is 6.65. The maximum absolute atomic E-state index is 6.51. The standard InChI is InChI=1S/C25H18ClIN2/c26-17-5-11-21-22-12-6-18(27)14-24(22)25(23(21)13-17,15-1-7-19(28)8-2-15)16-3-9-20(29)10-4-16/h1-14H,28-29H2. The zero-order valence-corrected chi connectivity index (χ0v) is 18.4. The van der Waals surface area contributed by atoms with E-state index in [1.165, 1.54) is 25.8 Å². The highest BCUT2D eigenvalue weighted by molar-refractivity contribution is 14.1. The average molecular weight is 509 g/mol. The molecular weight excluding hydrogens is 491 g/mol. The molecule has 29 heavy (non-hydrogen) atoms. The summed E-state index contributed by atoms with van der Waals surface area (Å²) < 4.78 is 1.19. The quantitative estimate of drug-likeness (QED) is 0.212. The molecule has 0 amide bonds. The van der Waals surface area contributed by atoms with Gasteiger partial charge >= 0.3 is 0 Å². The Morgan fingerprint density at radius 2 is 1.10 bits per heavy atom. The third-order valence-electron chi connectivity index (χ3n) is 5.75. The summed E-state index contributed by atoms with van der Waals surface area (Å²) in [6, 6.07) is 29.1. The lowest BCUT2D eigenvalue weighted by Crippen LogP contribution is -2.28. The number of hydrogen-bond acceptors (Lipinski definition) is 2. The Balaban J connectivity index is 1.97. The lowest BCUT2D eigenvalue weighted by molar-refractivity contribution is 0.768. The second kappa shape index (κ2) is 6.78. The van der Waals surface area contributed by atoms with Crippen LogP contribution in [0.15, 0.2) is 84.9 Å². The molecule has 0 fully saturated rings. The van der Waals surface area contributed by atoms with Crippen molar-refractivity contribution in [3.05, 3.63) is 116 Å². The van der Waals surface area contributed by atoms with E-state index in [0.717, 1.165) is 27.5 Å². The summed E-state index contributed by atoms with van der Waals surface area (Å²) in [6.07, 6.45) is 0. The topological polar surface area (TPSA) is 52.0 Å². The fourth-order valence-corrected chi connectivity index (χ4v) is 5.19. The molecule has 0 bridgehead atoms. The van der Waals surface area contributed by atoms with E-state index < -0.39 is 5.41 Å². The van der Waals surface area contributed by atoms with Crippen molar-refractivity contribution < 1.29 is 0 Å². The van der Waals surface area contributed by atoms with Crippen molar-refractivity contribution in [3.8, 4) is 11.1 Å². The second-order valence-electron chi connectivity index (χ2n) is 7.37. The SMILES string of the molecule is Nc1ccc(C2(c3ccc(N)cc3)c3cc(Cl)ccc3-c3ccc(I)cc32)cc1. The average Bonchev–Trinajstić information content (AvgIpc) is 2.99. The fraction of sp³-hybridized carbons (Fsp3) is 0.0400. The molecule has 4 N–H and O–H groups in total. The van der Waals surface area contributed by atoms with Crippen molar-refractivity contribution in [1.82, 2.24) is 0 Å². The lowest BCUT2D eigenvalue weighted by Gasteiger charge is -2.34. The summed E-state index contributed by atoms with van der Waals surface area (Å²) in [5.74, 6) is 0. The minimum absolute atomic E-state index is 0.488. The number of anilines is 2. The zero-order chi connectivity index (χ0) is 20.2. The molecule has 1 aliphatic rings. The Hall–Kier alpha value is -2.50. The van der Waals surface area contributed by atoms with Crippen LogP contribution in [0.25, 0.3) is 11.1 Å². The van der Waals surface area contributed by atoms with Crippen molar-refractivity contribution >= 4 is 45.6 Å². The van der Waals surface area contributed by atoms with Crippen LogP contribution in [0.5, 0.6) is 0 Å². The predicted molar refractivity (Wildman–Crippen MR) is 130 cm³/mol. The van der Waals surface area contributed by atoms with Crippen molar-refractivity contribution in [2.45, 2.75) is 5.41 Å². The van der Waals surface area contributed by atoms with Crippen LogP contribution < -0.4 is 11.5 Å². The molecule has 4 aromatic carbocycles. The Morgan fingerprint density at radius 1 is 0.621 bits per heavy atom. The van der Waals surface area contributed by atoms with Crippen LogP contribution >= 0.6 is 34.2 Å². The Kier molecular flexibility index (Phi) is 4.33. The van der Waals surface area contributed by atoms with Gasteiger partial charge in [0, 0.05) is 20.0 Å². The monoisotopic (exact) mass is 508 g/mol. The van der Waals surface area contributed by atoms with Gasteiger partial charge in [-0.25, -0.2) is 0 Å². The molecule has 5 rings (SSSR count). The van der Waals surface area contributed by atoms with Gasteiger partial charge in [-0.2, -0.15) is 0 Å². The molecule has 0 heterocycles. The minimum atomic E-state index is -0.488. The second-order valence-corrected chi connectivity index (χ2v) is 9.06. The van der Waals surface area contributed by atoms with Gasteiger partial charge in [0.2, 0.25) is 0 Å². The summed E-state index contributed by atoms with van der Waals surface area (Å²) in [4.78, 5) is 0. The van der Waals surface area contributed by atoms with E-state index in [1.54, 1.807) is 0 Å². The minimum Gasteiger partial charge on any atom is -0.399 e. The van der Waals surface area contributed by atoms with Gasteiger partial charge in [-0.1, -0.05) is 48.0 Å². The van der Waals surface area contributed by atoms with E-state index in [1.807, 2.05) is 30.3 Å². The molecule has 1 aliphatic carbocycles. The zero-order valence-electron chi connectivity index (χ0n) is 15.5. The van der Waals surface area contributed by atoms with Crippen molar-refractivity contribution in [2.24, 2.45) is 0 Å². The van der Waals surface area contributed by atoms with Crippen LogP contribution in [0.3, 0.4) is 0 Å². The third kappa shape index (κ3) is 2.75. The van der Waals surface area contributed by atoms with Crippen LogP contribution in [0.2, 0.25) is 5.02 Å². The molecule has 0 spiro atoms. The molecule has 4 aromatic rings. The molecule has 0 radical (unpaired) electrons. The smallest absolute Gasteiger partial charge is 0.0714 e. The van der Waals surface area contributed by atoms with Gasteiger partial charge in [-0.05, 0) is 105 Å². The number of benzene rings is 4. The first-order chi connectivity index (χ1) is 14.0. The van der Waals surface area contributed by atoms with Gasteiger partial charge in [-0.15, -0.1) is 0 Å². The molecule has 0 aromatic heterocycles. The van der Waals surface area contributed by atoms with E-state index >= 15 is 0 Å². The first-order valence-corrected chi connectivity index (χ1v) is 10.8. The largest absolute Gasteiger partial charge is 0.399 e. The van der Waals surface area contributed by atoms with E-state index in [4.69, 9.17) is 23.1 Å². The van der Waals surface area contributed by atoms with Gasteiger partial charge in [0.15, 0.2) is 0 Å². The number of halogens is 2.